The molecule has 1 aromatic rings. The lowest BCUT2D eigenvalue weighted by Crippen LogP contribution is -2.43. The predicted molar refractivity (Wildman–Crippen MR) is 109 cm³/mol. The fraction of sp³-hybridized carbons (Fsp3) is 0.650. The van der Waals surface area contributed by atoms with Gasteiger partial charge in [-0.1, -0.05) is 12.1 Å². The fourth-order valence-electron chi connectivity index (χ4n) is 3.46. The highest BCUT2D eigenvalue weighted by Crippen LogP contribution is 2.41. The van der Waals surface area contributed by atoms with Crippen molar-refractivity contribution in [2.24, 2.45) is 5.92 Å². The first-order chi connectivity index (χ1) is 11.8. The third-order valence-electron chi connectivity index (χ3n) is 5.02. The van der Waals surface area contributed by atoms with Crippen molar-refractivity contribution < 1.29 is 9.53 Å². The van der Waals surface area contributed by atoms with Crippen LogP contribution in [0.4, 0.5) is 4.79 Å². The van der Waals surface area contributed by atoms with E-state index in [-0.39, 0.29) is 6.09 Å². The smallest absolute Gasteiger partial charge is 0.410 e. The van der Waals surface area contributed by atoms with Crippen molar-refractivity contribution in [1.29, 1.82) is 0 Å². The highest BCUT2D eigenvalue weighted by atomic mass is 127. The van der Waals surface area contributed by atoms with Gasteiger partial charge in [-0.05, 0) is 92.8 Å². The highest BCUT2D eigenvalue weighted by Gasteiger charge is 2.38. The second-order valence-electron chi connectivity index (χ2n) is 8.32. The Bertz CT molecular complexity index is 589. The van der Waals surface area contributed by atoms with Gasteiger partial charge in [-0.15, -0.1) is 0 Å². The Labute approximate surface area is 164 Å². The molecule has 2 fully saturated rings. The topological polar surface area (TPSA) is 41.6 Å². The number of hydrogen-bond acceptors (Lipinski definition) is 3. The molecule has 1 N–H and O–H groups in total. The van der Waals surface area contributed by atoms with Gasteiger partial charge in [-0.3, -0.25) is 0 Å². The molecule has 1 aliphatic carbocycles. The number of hydrogen-bond donors (Lipinski definition) is 1. The lowest BCUT2D eigenvalue weighted by Gasteiger charge is -2.33. The molecular weight excluding hydrogens is 427 g/mol. The van der Waals surface area contributed by atoms with E-state index in [4.69, 9.17) is 4.74 Å². The van der Waals surface area contributed by atoms with Crippen LogP contribution in [0.25, 0.3) is 0 Å². The number of amides is 1. The van der Waals surface area contributed by atoms with Gasteiger partial charge in [0.2, 0.25) is 0 Å². The molecule has 1 amide bonds. The van der Waals surface area contributed by atoms with E-state index >= 15 is 0 Å². The normalized spacial score (nSPS) is 24.2. The zero-order chi connectivity index (χ0) is 18.0. The molecule has 0 bridgehead atoms. The molecule has 25 heavy (non-hydrogen) atoms. The Morgan fingerprint density at radius 2 is 1.88 bits per heavy atom. The van der Waals surface area contributed by atoms with Crippen molar-refractivity contribution in [2.45, 2.75) is 57.6 Å². The number of piperidine rings is 1. The third kappa shape index (κ3) is 5.58. The number of likely N-dealkylation sites (tertiary alicyclic amines) is 1. The first kappa shape index (κ1) is 19.0. The molecule has 0 aromatic heterocycles. The third-order valence-corrected chi connectivity index (χ3v) is 5.74. The van der Waals surface area contributed by atoms with Crippen molar-refractivity contribution >= 4 is 28.7 Å². The van der Waals surface area contributed by atoms with E-state index in [1.54, 1.807) is 0 Å². The summed E-state index contributed by atoms with van der Waals surface area (Å²) in [6, 6.07) is 9.53. The first-order valence-electron chi connectivity index (χ1n) is 9.28. The van der Waals surface area contributed by atoms with E-state index in [1.807, 2.05) is 25.7 Å². The highest BCUT2D eigenvalue weighted by molar-refractivity contribution is 14.1. The molecule has 2 aliphatic rings. The zero-order valence-electron chi connectivity index (χ0n) is 15.4. The minimum absolute atomic E-state index is 0.167. The molecule has 0 unspecified atom stereocenters. The predicted octanol–water partition coefficient (Wildman–Crippen LogP) is 4.38. The van der Waals surface area contributed by atoms with Crippen LogP contribution < -0.4 is 5.32 Å². The monoisotopic (exact) mass is 456 g/mol. The van der Waals surface area contributed by atoms with Gasteiger partial charge in [0.05, 0.1) is 0 Å². The van der Waals surface area contributed by atoms with Crippen molar-refractivity contribution in [3.63, 3.8) is 0 Å². The number of rotatable bonds is 4. The molecule has 0 radical (unpaired) electrons. The quantitative estimate of drug-likeness (QED) is 0.684. The summed E-state index contributed by atoms with van der Waals surface area (Å²) in [6.07, 6.45) is 3.21. The van der Waals surface area contributed by atoms with Gasteiger partial charge in [-0.2, -0.15) is 0 Å². The Balaban J connectivity index is 1.36. The lowest BCUT2D eigenvalue weighted by atomic mass is 9.97. The second kappa shape index (κ2) is 7.82. The number of halogens is 1. The van der Waals surface area contributed by atoms with Gasteiger partial charge in [0.1, 0.15) is 5.60 Å². The summed E-state index contributed by atoms with van der Waals surface area (Å²) >= 11 is 2.35. The summed E-state index contributed by atoms with van der Waals surface area (Å²) in [7, 11) is 0. The largest absolute Gasteiger partial charge is 0.444 e. The minimum atomic E-state index is -0.411. The Morgan fingerprint density at radius 1 is 1.24 bits per heavy atom. The van der Waals surface area contributed by atoms with E-state index in [0.717, 1.165) is 32.5 Å². The van der Waals surface area contributed by atoms with Crippen LogP contribution in [0.15, 0.2) is 24.3 Å². The average molecular weight is 456 g/mol. The van der Waals surface area contributed by atoms with Crippen LogP contribution in [-0.4, -0.2) is 42.3 Å². The summed E-state index contributed by atoms with van der Waals surface area (Å²) < 4.78 is 6.76. The van der Waals surface area contributed by atoms with Crippen molar-refractivity contribution in [2.75, 3.05) is 19.6 Å². The van der Waals surface area contributed by atoms with E-state index in [2.05, 4.69) is 52.2 Å². The van der Waals surface area contributed by atoms with Crippen LogP contribution in [0.3, 0.4) is 0 Å². The lowest BCUT2D eigenvalue weighted by molar-refractivity contribution is 0.0184. The summed E-state index contributed by atoms with van der Waals surface area (Å²) in [5.74, 6) is 1.34. The summed E-state index contributed by atoms with van der Waals surface area (Å²) in [6.45, 7) is 8.44. The average Bonchev–Trinajstić information content (AvgIpc) is 3.32. The van der Waals surface area contributed by atoms with Crippen molar-refractivity contribution in [3.05, 3.63) is 33.4 Å². The van der Waals surface area contributed by atoms with Crippen molar-refractivity contribution in [3.8, 4) is 0 Å². The number of nitrogens with zero attached hydrogens (tertiary/aromatic N) is 1. The second-order valence-corrected chi connectivity index (χ2v) is 9.56. The van der Waals surface area contributed by atoms with E-state index < -0.39 is 5.60 Å². The number of carbonyl (C=O) groups excluding carboxylic acids is 1. The van der Waals surface area contributed by atoms with E-state index in [1.165, 1.54) is 15.6 Å². The molecule has 3 rings (SSSR count). The molecular formula is C20H29IN2O2. The summed E-state index contributed by atoms with van der Waals surface area (Å²) in [4.78, 5) is 14.0. The molecule has 4 nitrogen and oxygen atoms in total. The Kier molecular flexibility index (Phi) is 5.93. The van der Waals surface area contributed by atoms with Crippen LogP contribution in [0, 0.1) is 9.49 Å². The summed E-state index contributed by atoms with van der Waals surface area (Å²) in [5.41, 5.74) is 1.05. The minimum Gasteiger partial charge on any atom is -0.444 e. The van der Waals surface area contributed by atoms with Crippen LogP contribution in [-0.2, 0) is 4.74 Å². The Morgan fingerprint density at radius 3 is 2.48 bits per heavy atom. The molecule has 1 aliphatic heterocycles. The zero-order valence-corrected chi connectivity index (χ0v) is 17.6. The van der Waals surface area contributed by atoms with Crippen LogP contribution in [0.2, 0.25) is 0 Å². The summed E-state index contributed by atoms with van der Waals surface area (Å²) in [5, 5.41) is 3.74. The Hall–Kier alpha value is -0.820. The van der Waals surface area contributed by atoms with Gasteiger partial charge in [0.25, 0.3) is 0 Å². The van der Waals surface area contributed by atoms with Gasteiger partial charge in [0, 0.05) is 28.6 Å². The molecule has 0 spiro atoms. The van der Waals surface area contributed by atoms with Gasteiger partial charge in [0.15, 0.2) is 0 Å². The standard InChI is InChI=1S/C20H29IN2O2/c1-20(2,3)25-19(24)23-10-8-14(9-11-23)13-22-18-12-17(18)15-4-6-16(21)7-5-15/h4-7,14,17-18,22H,8-13H2,1-3H3/t17-,18+/m0/s1. The number of ether oxygens (including phenoxy) is 1. The van der Waals surface area contributed by atoms with E-state index in [0.29, 0.717) is 17.9 Å². The van der Waals surface area contributed by atoms with Gasteiger partial charge in [-0.25, -0.2) is 4.79 Å². The van der Waals surface area contributed by atoms with Gasteiger partial charge >= 0.3 is 6.09 Å². The molecule has 1 heterocycles. The maximum absolute atomic E-state index is 12.1. The SMILES string of the molecule is CC(C)(C)OC(=O)N1CCC(CN[C@@H]2C[C@H]2c2ccc(I)cc2)CC1. The molecule has 1 saturated carbocycles. The maximum Gasteiger partial charge on any atom is 0.410 e. The number of benzene rings is 1. The van der Waals surface area contributed by atoms with Crippen molar-refractivity contribution in [1.82, 2.24) is 10.2 Å². The molecule has 2 atom stereocenters. The maximum atomic E-state index is 12.1. The van der Waals surface area contributed by atoms with Gasteiger partial charge < -0.3 is 15.0 Å². The van der Waals surface area contributed by atoms with Crippen LogP contribution >= 0.6 is 22.6 Å². The van der Waals surface area contributed by atoms with Crippen LogP contribution in [0.5, 0.6) is 0 Å². The molecule has 5 heteroatoms. The number of carbonyl (C=O) groups is 1. The first-order valence-corrected chi connectivity index (χ1v) is 10.4. The molecule has 138 valence electrons. The molecule has 1 aromatic carbocycles. The number of nitrogens with one attached hydrogen (secondary N) is 1. The fourth-order valence-corrected chi connectivity index (χ4v) is 3.82. The van der Waals surface area contributed by atoms with Crippen LogP contribution in [0.1, 0.15) is 51.5 Å². The van der Waals surface area contributed by atoms with E-state index in [9.17, 15) is 4.79 Å². The molecule has 1 saturated heterocycles.